The summed E-state index contributed by atoms with van der Waals surface area (Å²) in [5.74, 6) is 1.38. The van der Waals surface area contributed by atoms with Crippen molar-refractivity contribution < 1.29 is 4.74 Å². The number of benzene rings is 2. The van der Waals surface area contributed by atoms with Gasteiger partial charge in [-0.25, -0.2) is 0 Å². The fourth-order valence-corrected chi connectivity index (χ4v) is 2.36. The SMILES string of the molecule is Cc1ccc(C(N)COc2ccccc2C(C)C)cc1C. The van der Waals surface area contributed by atoms with Gasteiger partial charge in [-0.3, -0.25) is 0 Å². The first-order chi connectivity index (χ1) is 9.99. The van der Waals surface area contributed by atoms with Crippen molar-refractivity contribution in [1.82, 2.24) is 0 Å². The van der Waals surface area contributed by atoms with E-state index in [1.807, 2.05) is 18.2 Å². The number of aryl methyl sites for hydroxylation is 2. The maximum atomic E-state index is 6.26. The number of ether oxygens (including phenoxy) is 1. The van der Waals surface area contributed by atoms with E-state index in [1.165, 1.54) is 16.7 Å². The number of rotatable bonds is 5. The van der Waals surface area contributed by atoms with Crippen LogP contribution in [0.2, 0.25) is 0 Å². The highest BCUT2D eigenvalue weighted by molar-refractivity contribution is 5.36. The van der Waals surface area contributed by atoms with E-state index in [0.717, 1.165) is 11.3 Å². The van der Waals surface area contributed by atoms with Crippen LogP contribution < -0.4 is 10.5 Å². The van der Waals surface area contributed by atoms with Gasteiger partial charge in [-0.15, -0.1) is 0 Å². The Morgan fingerprint density at radius 1 is 1.00 bits per heavy atom. The van der Waals surface area contributed by atoms with Crippen LogP contribution in [0, 0.1) is 13.8 Å². The average Bonchev–Trinajstić information content (AvgIpc) is 2.47. The van der Waals surface area contributed by atoms with Crippen LogP contribution in [0.4, 0.5) is 0 Å². The lowest BCUT2D eigenvalue weighted by Crippen LogP contribution is -2.19. The van der Waals surface area contributed by atoms with Gasteiger partial charge in [-0.05, 0) is 48.1 Å². The zero-order chi connectivity index (χ0) is 15.4. The molecule has 2 nitrogen and oxygen atoms in total. The van der Waals surface area contributed by atoms with E-state index in [9.17, 15) is 0 Å². The molecule has 2 rings (SSSR count). The summed E-state index contributed by atoms with van der Waals surface area (Å²) in [5, 5.41) is 0. The second-order valence-electron chi connectivity index (χ2n) is 5.95. The van der Waals surface area contributed by atoms with Crippen LogP contribution in [0.5, 0.6) is 5.75 Å². The minimum absolute atomic E-state index is 0.107. The van der Waals surface area contributed by atoms with Crippen molar-refractivity contribution in [2.75, 3.05) is 6.61 Å². The predicted octanol–water partition coefficient (Wildman–Crippen LogP) is 4.51. The molecule has 1 unspecified atom stereocenters. The van der Waals surface area contributed by atoms with Crippen molar-refractivity contribution in [3.8, 4) is 5.75 Å². The molecule has 0 saturated carbocycles. The maximum absolute atomic E-state index is 6.26. The van der Waals surface area contributed by atoms with Gasteiger partial charge in [0.25, 0.3) is 0 Å². The molecule has 2 aromatic rings. The molecule has 2 heteroatoms. The second-order valence-corrected chi connectivity index (χ2v) is 5.95. The minimum atomic E-state index is -0.107. The monoisotopic (exact) mass is 283 g/mol. The largest absolute Gasteiger partial charge is 0.491 e. The van der Waals surface area contributed by atoms with Gasteiger partial charge in [0.05, 0.1) is 6.04 Å². The van der Waals surface area contributed by atoms with Crippen molar-refractivity contribution in [3.05, 3.63) is 64.7 Å². The summed E-state index contributed by atoms with van der Waals surface area (Å²) >= 11 is 0. The van der Waals surface area contributed by atoms with Crippen LogP contribution in [0.15, 0.2) is 42.5 Å². The highest BCUT2D eigenvalue weighted by Crippen LogP contribution is 2.26. The topological polar surface area (TPSA) is 35.2 Å². The van der Waals surface area contributed by atoms with Gasteiger partial charge in [-0.2, -0.15) is 0 Å². The predicted molar refractivity (Wildman–Crippen MR) is 88.9 cm³/mol. The molecule has 0 saturated heterocycles. The summed E-state index contributed by atoms with van der Waals surface area (Å²) < 4.78 is 5.96. The van der Waals surface area contributed by atoms with Crippen molar-refractivity contribution in [3.63, 3.8) is 0 Å². The molecule has 0 aromatic heterocycles. The summed E-state index contributed by atoms with van der Waals surface area (Å²) in [6.45, 7) is 9.06. The highest BCUT2D eigenvalue weighted by atomic mass is 16.5. The standard InChI is InChI=1S/C19H25NO/c1-13(2)17-7-5-6-8-19(17)21-12-18(20)16-10-9-14(3)15(4)11-16/h5-11,13,18H,12,20H2,1-4H3. The Labute approximate surface area is 127 Å². The molecular formula is C19H25NO. The quantitative estimate of drug-likeness (QED) is 0.876. The van der Waals surface area contributed by atoms with Gasteiger partial charge in [0.15, 0.2) is 0 Å². The highest BCUT2D eigenvalue weighted by Gasteiger charge is 2.11. The van der Waals surface area contributed by atoms with Gasteiger partial charge in [0.1, 0.15) is 12.4 Å². The lowest BCUT2D eigenvalue weighted by molar-refractivity contribution is 0.287. The molecule has 0 aliphatic carbocycles. The van der Waals surface area contributed by atoms with Gasteiger partial charge in [0.2, 0.25) is 0 Å². The molecule has 0 aliphatic heterocycles. The van der Waals surface area contributed by atoms with E-state index in [4.69, 9.17) is 10.5 Å². The fourth-order valence-electron chi connectivity index (χ4n) is 2.36. The molecular weight excluding hydrogens is 258 g/mol. The van der Waals surface area contributed by atoms with Gasteiger partial charge in [-0.1, -0.05) is 50.2 Å². The maximum Gasteiger partial charge on any atom is 0.122 e. The molecule has 0 radical (unpaired) electrons. The number of hydrogen-bond acceptors (Lipinski definition) is 2. The van der Waals surface area contributed by atoms with Gasteiger partial charge >= 0.3 is 0 Å². The molecule has 21 heavy (non-hydrogen) atoms. The van der Waals surface area contributed by atoms with Crippen molar-refractivity contribution in [2.45, 2.75) is 39.7 Å². The Kier molecular flexibility index (Phi) is 5.03. The average molecular weight is 283 g/mol. The summed E-state index contributed by atoms with van der Waals surface area (Å²) in [4.78, 5) is 0. The normalized spacial score (nSPS) is 12.5. The van der Waals surface area contributed by atoms with E-state index in [0.29, 0.717) is 12.5 Å². The molecule has 2 aromatic carbocycles. The zero-order valence-electron chi connectivity index (χ0n) is 13.4. The minimum Gasteiger partial charge on any atom is -0.491 e. The summed E-state index contributed by atoms with van der Waals surface area (Å²) in [7, 11) is 0. The third-order valence-electron chi connectivity index (χ3n) is 3.92. The lowest BCUT2D eigenvalue weighted by Gasteiger charge is -2.18. The van der Waals surface area contributed by atoms with Crippen LogP contribution in [-0.4, -0.2) is 6.61 Å². The third-order valence-corrected chi connectivity index (χ3v) is 3.92. The van der Waals surface area contributed by atoms with Crippen LogP contribution >= 0.6 is 0 Å². The summed E-state index contributed by atoms with van der Waals surface area (Å²) in [5.41, 5.74) is 11.2. The van der Waals surface area contributed by atoms with Crippen molar-refractivity contribution >= 4 is 0 Å². The first kappa shape index (κ1) is 15.6. The molecule has 0 fully saturated rings. The van der Waals surface area contributed by atoms with E-state index >= 15 is 0 Å². The Morgan fingerprint density at radius 2 is 1.71 bits per heavy atom. The molecule has 0 bridgehead atoms. The van der Waals surface area contributed by atoms with Crippen LogP contribution in [0.25, 0.3) is 0 Å². The van der Waals surface area contributed by atoms with Crippen molar-refractivity contribution in [1.29, 1.82) is 0 Å². The zero-order valence-corrected chi connectivity index (χ0v) is 13.4. The Morgan fingerprint density at radius 3 is 2.38 bits per heavy atom. The molecule has 112 valence electrons. The van der Waals surface area contributed by atoms with E-state index in [-0.39, 0.29) is 6.04 Å². The first-order valence-electron chi connectivity index (χ1n) is 7.53. The van der Waals surface area contributed by atoms with Gasteiger partial charge < -0.3 is 10.5 Å². The number of hydrogen-bond donors (Lipinski definition) is 1. The van der Waals surface area contributed by atoms with Crippen molar-refractivity contribution in [2.24, 2.45) is 5.73 Å². The lowest BCUT2D eigenvalue weighted by atomic mass is 10.0. The summed E-state index contributed by atoms with van der Waals surface area (Å²) in [6, 6.07) is 14.4. The smallest absolute Gasteiger partial charge is 0.122 e. The van der Waals surface area contributed by atoms with Crippen LogP contribution in [-0.2, 0) is 0 Å². The summed E-state index contributed by atoms with van der Waals surface area (Å²) in [6.07, 6.45) is 0. The first-order valence-corrected chi connectivity index (χ1v) is 7.53. The van der Waals surface area contributed by atoms with Crippen LogP contribution in [0.1, 0.15) is 48.1 Å². The fraction of sp³-hybridized carbons (Fsp3) is 0.368. The number of nitrogens with two attached hydrogens (primary N) is 1. The van der Waals surface area contributed by atoms with Gasteiger partial charge in [0, 0.05) is 0 Å². The molecule has 0 aliphatic rings. The third kappa shape index (κ3) is 3.85. The van der Waals surface area contributed by atoms with E-state index < -0.39 is 0 Å². The van der Waals surface area contributed by atoms with E-state index in [1.54, 1.807) is 0 Å². The Balaban J connectivity index is 2.07. The van der Waals surface area contributed by atoms with E-state index in [2.05, 4.69) is 52.0 Å². The molecule has 2 N–H and O–H groups in total. The number of para-hydroxylation sites is 1. The second kappa shape index (κ2) is 6.77. The molecule has 1 atom stereocenters. The molecule has 0 spiro atoms. The Bertz CT molecular complexity index is 604. The molecule has 0 heterocycles. The van der Waals surface area contributed by atoms with Crippen LogP contribution in [0.3, 0.4) is 0 Å². The molecule has 0 amide bonds. The Hall–Kier alpha value is -1.80.